The second kappa shape index (κ2) is 6.52. The van der Waals surface area contributed by atoms with Gasteiger partial charge in [0, 0.05) is 23.6 Å². The molecule has 0 aliphatic heterocycles. The number of hydrogen-bond acceptors (Lipinski definition) is 3. The van der Waals surface area contributed by atoms with Crippen molar-refractivity contribution in [2.75, 3.05) is 0 Å². The van der Waals surface area contributed by atoms with Crippen LogP contribution >= 0.6 is 15.9 Å². The van der Waals surface area contributed by atoms with Crippen molar-refractivity contribution in [3.63, 3.8) is 0 Å². The van der Waals surface area contributed by atoms with Crippen LogP contribution in [0.1, 0.15) is 35.5 Å². The molecule has 0 aliphatic rings. The standard InChI is InChI=1S/C15H21BrN4/c1-4-13-8-14(20(3)19-13)9-15(18-17)11-5-10(2)6-12(16)7-11/h5-8,15,18H,4,9,17H2,1-3H3. The Kier molecular flexibility index (Phi) is 4.96. The Bertz CT molecular complexity index is 571. The van der Waals surface area contributed by atoms with Gasteiger partial charge < -0.3 is 0 Å². The van der Waals surface area contributed by atoms with Gasteiger partial charge in [-0.1, -0.05) is 28.9 Å². The molecule has 0 spiro atoms. The Morgan fingerprint density at radius 3 is 2.65 bits per heavy atom. The van der Waals surface area contributed by atoms with E-state index in [0.29, 0.717) is 0 Å². The van der Waals surface area contributed by atoms with E-state index in [4.69, 9.17) is 5.84 Å². The first-order chi connectivity index (χ1) is 9.53. The van der Waals surface area contributed by atoms with Crippen molar-refractivity contribution in [2.24, 2.45) is 12.9 Å². The zero-order valence-corrected chi connectivity index (χ0v) is 13.7. The Hall–Kier alpha value is -1.17. The van der Waals surface area contributed by atoms with Crippen LogP contribution in [-0.4, -0.2) is 9.78 Å². The fraction of sp³-hybridized carbons (Fsp3) is 0.400. The van der Waals surface area contributed by atoms with E-state index in [0.717, 1.165) is 23.0 Å². The van der Waals surface area contributed by atoms with E-state index in [1.807, 2.05) is 11.7 Å². The van der Waals surface area contributed by atoms with Gasteiger partial charge in [0.05, 0.1) is 11.7 Å². The molecular weight excluding hydrogens is 316 g/mol. The lowest BCUT2D eigenvalue weighted by Crippen LogP contribution is -2.30. The SMILES string of the molecule is CCc1cc(CC(NN)c2cc(C)cc(Br)c2)n(C)n1. The van der Waals surface area contributed by atoms with E-state index in [-0.39, 0.29) is 6.04 Å². The maximum atomic E-state index is 5.75. The molecule has 1 atom stereocenters. The van der Waals surface area contributed by atoms with Crippen LogP contribution in [0.4, 0.5) is 0 Å². The average molecular weight is 337 g/mol. The average Bonchev–Trinajstić information content (AvgIpc) is 2.75. The highest BCUT2D eigenvalue weighted by atomic mass is 79.9. The second-order valence-electron chi connectivity index (χ2n) is 5.09. The summed E-state index contributed by atoms with van der Waals surface area (Å²) in [4.78, 5) is 0. The summed E-state index contributed by atoms with van der Waals surface area (Å²) >= 11 is 3.54. The number of benzene rings is 1. The summed E-state index contributed by atoms with van der Waals surface area (Å²) in [6, 6.07) is 8.58. The first-order valence-electron chi connectivity index (χ1n) is 6.78. The summed E-state index contributed by atoms with van der Waals surface area (Å²) in [6.07, 6.45) is 1.76. The van der Waals surface area contributed by atoms with Crippen molar-refractivity contribution in [1.29, 1.82) is 0 Å². The monoisotopic (exact) mass is 336 g/mol. The number of aromatic nitrogens is 2. The number of nitrogens with one attached hydrogen (secondary N) is 1. The normalized spacial score (nSPS) is 12.7. The van der Waals surface area contributed by atoms with E-state index >= 15 is 0 Å². The van der Waals surface area contributed by atoms with E-state index in [1.165, 1.54) is 16.8 Å². The fourth-order valence-electron chi connectivity index (χ4n) is 2.38. The lowest BCUT2D eigenvalue weighted by atomic mass is 10.0. The van der Waals surface area contributed by atoms with Gasteiger partial charge in [-0.3, -0.25) is 16.0 Å². The number of halogens is 1. The Morgan fingerprint density at radius 2 is 2.10 bits per heavy atom. The highest BCUT2D eigenvalue weighted by molar-refractivity contribution is 9.10. The first kappa shape index (κ1) is 15.2. The van der Waals surface area contributed by atoms with Crippen molar-refractivity contribution >= 4 is 15.9 Å². The van der Waals surface area contributed by atoms with Gasteiger partial charge in [0.15, 0.2) is 0 Å². The smallest absolute Gasteiger partial charge is 0.0624 e. The third kappa shape index (κ3) is 3.48. The molecule has 5 heteroatoms. The van der Waals surface area contributed by atoms with Crippen molar-refractivity contribution < 1.29 is 0 Å². The molecule has 0 saturated heterocycles. The Balaban J connectivity index is 2.25. The predicted molar refractivity (Wildman–Crippen MR) is 85.2 cm³/mol. The molecular formula is C15H21BrN4. The number of hydrogen-bond donors (Lipinski definition) is 2. The van der Waals surface area contributed by atoms with Crippen molar-refractivity contribution in [1.82, 2.24) is 15.2 Å². The molecule has 0 radical (unpaired) electrons. The largest absolute Gasteiger partial charge is 0.272 e. The molecule has 0 saturated carbocycles. The minimum absolute atomic E-state index is 0.0753. The van der Waals surface area contributed by atoms with Crippen LogP contribution in [0.3, 0.4) is 0 Å². The minimum atomic E-state index is 0.0753. The summed E-state index contributed by atoms with van der Waals surface area (Å²) in [5.74, 6) is 5.75. The molecule has 1 unspecified atom stereocenters. The molecule has 4 nitrogen and oxygen atoms in total. The molecule has 0 aliphatic carbocycles. The van der Waals surface area contributed by atoms with Crippen LogP contribution in [0.2, 0.25) is 0 Å². The molecule has 1 aromatic carbocycles. The lowest BCUT2D eigenvalue weighted by molar-refractivity contribution is 0.529. The molecule has 20 heavy (non-hydrogen) atoms. The van der Waals surface area contributed by atoms with Gasteiger partial charge in [-0.2, -0.15) is 5.10 Å². The van der Waals surface area contributed by atoms with Crippen LogP contribution in [0.25, 0.3) is 0 Å². The van der Waals surface area contributed by atoms with Gasteiger partial charge in [-0.25, -0.2) is 0 Å². The third-order valence-corrected chi connectivity index (χ3v) is 3.93. The highest BCUT2D eigenvalue weighted by Crippen LogP contribution is 2.23. The van der Waals surface area contributed by atoms with Gasteiger partial charge in [0.1, 0.15) is 0 Å². The number of nitrogens with zero attached hydrogens (tertiary/aromatic N) is 2. The van der Waals surface area contributed by atoms with Crippen LogP contribution in [0, 0.1) is 6.92 Å². The van der Waals surface area contributed by atoms with Gasteiger partial charge in [0.25, 0.3) is 0 Å². The molecule has 3 N–H and O–H groups in total. The van der Waals surface area contributed by atoms with E-state index in [1.54, 1.807) is 0 Å². The maximum absolute atomic E-state index is 5.75. The van der Waals surface area contributed by atoms with Crippen molar-refractivity contribution in [3.8, 4) is 0 Å². The fourth-order valence-corrected chi connectivity index (χ4v) is 3.01. The molecule has 2 aromatic rings. The molecule has 1 heterocycles. The lowest BCUT2D eigenvalue weighted by Gasteiger charge is -2.17. The van der Waals surface area contributed by atoms with Crippen LogP contribution in [-0.2, 0) is 19.9 Å². The molecule has 0 fully saturated rings. The van der Waals surface area contributed by atoms with Crippen LogP contribution in [0.15, 0.2) is 28.7 Å². The second-order valence-corrected chi connectivity index (χ2v) is 6.01. The topological polar surface area (TPSA) is 55.9 Å². The number of aryl methyl sites for hydroxylation is 3. The summed E-state index contributed by atoms with van der Waals surface area (Å²) in [7, 11) is 1.98. The third-order valence-electron chi connectivity index (χ3n) is 3.47. The van der Waals surface area contributed by atoms with Crippen LogP contribution < -0.4 is 11.3 Å². The zero-order valence-electron chi connectivity index (χ0n) is 12.2. The van der Waals surface area contributed by atoms with Gasteiger partial charge >= 0.3 is 0 Å². The summed E-state index contributed by atoms with van der Waals surface area (Å²) < 4.78 is 3.01. The first-order valence-corrected chi connectivity index (χ1v) is 7.57. The van der Waals surface area contributed by atoms with E-state index in [2.05, 4.69) is 64.6 Å². The molecule has 2 rings (SSSR count). The molecule has 1 aromatic heterocycles. The van der Waals surface area contributed by atoms with Crippen molar-refractivity contribution in [3.05, 3.63) is 51.3 Å². The number of hydrazine groups is 1. The van der Waals surface area contributed by atoms with E-state index in [9.17, 15) is 0 Å². The number of nitrogens with two attached hydrogens (primary N) is 1. The predicted octanol–water partition coefficient (Wildman–Crippen LogP) is 2.80. The molecule has 0 bridgehead atoms. The maximum Gasteiger partial charge on any atom is 0.0624 e. The van der Waals surface area contributed by atoms with Gasteiger partial charge in [-0.05, 0) is 42.7 Å². The Labute approximate surface area is 128 Å². The Morgan fingerprint density at radius 1 is 1.35 bits per heavy atom. The quantitative estimate of drug-likeness (QED) is 0.652. The summed E-state index contributed by atoms with van der Waals surface area (Å²) in [5.41, 5.74) is 7.61. The van der Waals surface area contributed by atoms with Gasteiger partial charge in [0.2, 0.25) is 0 Å². The summed E-state index contributed by atoms with van der Waals surface area (Å²) in [6.45, 7) is 4.20. The van der Waals surface area contributed by atoms with Crippen molar-refractivity contribution in [2.45, 2.75) is 32.7 Å². The highest BCUT2D eigenvalue weighted by Gasteiger charge is 2.14. The molecule has 108 valence electrons. The van der Waals surface area contributed by atoms with Crippen LogP contribution in [0.5, 0.6) is 0 Å². The zero-order chi connectivity index (χ0) is 14.7. The van der Waals surface area contributed by atoms with E-state index < -0.39 is 0 Å². The number of rotatable bonds is 5. The minimum Gasteiger partial charge on any atom is -0.272 e. The summed E-state index contributed by atoms with van der Waals surface area (Å²) in [5, 5.41) is 4.48. The molecule has 0 amide bonds. The van der Waals surface area contributed by atoms with Gasteiger partial charge in [-0.15, -0.1) is 0 Å².